The molecule has 0 aromatic heterocycles. The maximum atomic E-state index is 12.0. The molecule has 1 N–H and O–H groups in total. The Morgan fingerprint density at radius 3 is 2.47 bits per heavy atom. The van der Waals surface area contributed by atoms with Gasteiger partial charge in [0.05, 0.1) is 12.0 Å². The highest BCUT2D eigenvalue weighted by Gasteiger charge is 2.40. The number of carbonyl (C=O) groups is 2. The predicted octanol–water partition coefficient (Wildman–Crippen LogP) is 1.68. The highest BCUT2D eigenvalue weighted by atomic mass is 16.7. The third kappa shape index (κ3) is 3.19. The van der Waals surface area contributed by atoms with E-state index in [2.05, 4.69) is 0 Å². The molecule has 0 spiro atoms. The van der Waals surface area contributed by atoms with E-state index < -0.39 is 11.4 Å². The van der Waals surface area contributed by atoms with Crippen molar-refractivity contribution in [1.82, 2.24) is 5.06 Å². The molecule has 1 rings (SSSR count). The van der Waals surface area contributed by atoms with E-state index in [1.165, 1.54) is 5.06 Å². The largest absolute Gasteiger partial charge is 0.481 e. The van der Waals surface area contributed by atoms with Crippen molar-refractivity contribution in [2.75, 3.05) is 13.2 Å². The van der Waals surface area contributed by atoms with Gasteiger partial charge in [-0.3, -0.25) is 14.4 Å². The van der Waals surface area contributed by atoms with Crippen LogP contribution in [0.4, 0.5) is 0 Å². The minimum atomic E-state index is -1.03. The van der Waals surface area contributed by atoms with Crippen molar-refractivity contribution < 1.29 is 19.5 Å². The quantitative estimate of drug-likeness (QED) is 0.815. The molecule has 1 unspecified atom stereocenters. The first-order valence-corrected chi connectivity index (χ1v) is 6.04. The summed E-state index contributed by atoms with van der Waals surface area (Å²) in [6.07, 6.45) is 1.85. The van der Waals surface area contributed by atoms with Crippen LogP contribution < -0.4 is 0 Å². The third-order valence-corrected chi connectivity index (χ3v) is 3.56. The molecular formula is C12H21NO4. The highest BCUT2D eigenvalue weighted by Crippen LogP contribution is 2.32. The van der Waals surface area contributed by atoms with Crippen molar-refractivity contribution in [3.63, 3.8) is 0 Å². The van der Waals surface area contributed by atoms with E-state index in [1.807, 2.05) is 13.8 Å². The number of aliphatic carboxylic acids is 1. The zero-order chi connectivity index (χ0) is 13.1. The van der Waals surface area contributed by atoms with Crippen molar-refractivity contribution in [2.45, 2.75) is 40.0 Å². The van der Waals surface area contributed by atoms with Crippen molar-refractivity contribution >= 4 is 11.9 Å². The van der Waals surface area contributed by atoms with Crippen molar-refractivity contribution in [1.29, 1.82) is 0 Å². The number of amides is 1. The van der Waals surface area contributed by atoms with Gasteiger partial charge < -0.3 is 5.11 Å². The summed E-state index contributed by atoms with van der Waals surface area (Å²) < 4.78 is 0. The molecule has 0 bridgehead atoms. The molecule has 1 fully saturated rings. The molecule has 0 saturated carbocycles. The van der Waals surface area contributed by atoms with Crippen molar-refractivity contribution in [2.24, 2.45) is 11.3 Å². The molecule has 1 heterocycles. The van der Waals surface area contributed by atoms with Gasteiger partial charge in [-0.2, -0.15) is 0 Å². The van der Waals surface area contributed by atoms with E-state index in [4.69, 9.17) is 4.84 Å². The van der Waals surface area contributed by atoms with Crippen LogP contribution in [0.2, 0.25) is 0 Å². The van der Waals surface area contributed by atoms with E-state index in [0.717, 1.165) is 12.8 Å². The zero-order valence-electron chi connectivity index (χ0n) is 10.7. The zero-order valence-corrected chi connectivity index (χ0v) is 10.7. The molecule has 1 atom stereocenters. The van der Waals surface area contributed by atoms with Crippen molar-refractivity contribution in [3.05, 3.63) is 0 Å². The maximum Gasteiger partial charge on any atom is 0.310 e. The van der Waals surface area contributed by atoms with Crippen LogP contribution >= 0.6 is 0 Å². The lowest BCUT2D eigenvalue weighted by Gasteiger charge is -2.32. The Morgan fingerprint density at radius 1 is 1.41 bits per heavy atom. The summed E-state index contributed by atoms with van der Waals surface area (Å²) in [5.74, 6) is -1.27. The van der Waals surface area contributed by atoms with Gasteiger partial charge >= 0.3 is 5.97 Å². The van der Waals surface area contributed by atoms with E-state index in [1.54, 1.807) is 6.92 Å². The lowest BCUT2D eigenvalue weighted by atomic mass is 9.76. The van der Waals surface area contributed by atoms with Crippen LogP contribution in [0.3, 0.4) is 0 Å². The Hall–Kier alpha value is -1.10. The van der Waals surface area contributed by atoms with Gasteiger partial charge in [0.25, 0.3) is 0 Å². The fourth-order valence-corrected chi connectivity index (χ4v) is 1.72. The number of rotatable bonds is 4. The molecule has 17 heavy (non-hydrogen) atoms. The Morgan fingerprint density at radius 2 is 2.06 bits per heavy atom. The summed E-state index contributed by atoms with van der Waals surface area (Å²) in [5, 5.41) is 10.6. The molecule has 0 aromatic rings. The number of hydrogen-bond donors (Lipinski definition) is 1. The van der Waals surface area contributed by atoms with Gasteiger partial charge in [0.1, 0.15) is 0 Å². The average Bonchev–Trinajstić information content (AvgIpc) is 2.29. The van der Waals surface area contributed by atoms with Crippen LogP contribution in [0.25, 0.3) is 0 Å². The number of carbonyl (C=O) groups excluding carboxylic acids is 1. The van der Waals surface area contributed by atoms with Gasteiger partial charge in [0.2, 0.25) is 5.91 Å². The lowest BCUT2D eigenvalue weighted by Crippen LogP contribution is -2.42. The molecule has 98 valence electrons. The van der Waals surface area contributed by atoms with Gasteiger partial charge in [-0.05, 0) is 25.7 Å². The topological polar surface area (TPSA) is 66.8 Å². The minimum absolute atomic E-state index is 0.0139. The first-order valence-electron chi connectivity index (χ1n) is 6.04. The third-order valence-electron chi connectivity index (χ3n) is 3.56. The Labute approximate surface area is 102 Å². The Kier molecular flexibility index (Phi) is 4.51. The molecule has 5 heteroatoms. The SMILES string of the molecule is CC(C)C(C)(CC(=O)N1CCCCO1)C(=O)O. The molecule has 0 aromatic carbocycles. The van der Waals surface area contributed by atoms with Gasteiger partial charge in [0.15, 0.2) is 0 Å². The highest BCUT2D eigenvalue weighted by molar-refractivity contribution is 5.84. The van der Waals surface area contributed by atoms with E-state index in [0.29, 0.717) is 13.2 Å². The van der Waals surface area contributed by atoms with Crippen LogP contribution in [-0.2, 0) is 14.4 Å². The molecular weight excluding hydrogens is 222 g/mol. The van der Waals surface area contributed by atoms with E-state index in [9.17, 15) is 14.7 Å². The molecule has 1 amide bonds. The van der Waals surface area contributed by atoms with Crippen LogP contribution in [0.1, 0.15) is 40.0 Å². The smallest absolute Gasteiger partial charge is 0.310 e. The standard InChI is InChI=1S/C12H21NO4/c1-9(2)12(3,11(15)16)8-10(14)13-6-4-5-7-17-13/h9H,4-8H2,1-3H3,(H,15,16). The number of nitrogens with zero attached hydrogens (tertiary/aromatic N) is 1. The molecule has 0 aliphatic carbocycles. The average molecular weight is 243 g/mol. The van der Waals surface area contributed by atoms with Crippen molar-refractivity contribution in [3.8, 4) is 0 Å². The summed E-state index contributed by atoms with van der Waals surface area (Å²) in [6.45, 7) is 6.35. The predicted molar refractivity (Wildman–Crippen MR) is 62.1 cm³/mol. The van der Waals surface area contributed by atoms with E-state index >= 15 is 0 Å². The normalized spacial score (nSPS) is 20.1. The van der Waals surface area contributed by atoms with Gasteiger partial charge in [-0.15, -0.1) is 0 Å². The summed E-state index contributed by atoms with van der Waals surface area (Å²) in [6, 6.07) is 0. The minimum Gasteiger partial charge on any atom is -0.481 e. The monoisotopic (exact) mass is 243 g/mol. The fraction of sp³-hybridized carbons (Fsp3) is 0.833. The van der Waals surface area contributed by atoms with E-state index in [-0.39, 0.29) is 18.2 Å². The summed E-state index contributed by atoms with van der Waals surface area (Å²) in [7, 11) is 0. The summed E-state index contributed by atoms with van der Waals surface area (Å²) in [4.78, 5) is 28.5. The van der Waals surface area contributed by atoms with Crippen LogP contribution in [0.15, 0.2) is 0 Å². The molecule has 1 aliphatic rings. The lowest BCUT2D eigenvalue weighted by molar-refractivity contribution is -0.200. The fourth-order valence-electron chi connectivity index (χ4n) is 1.72. The second-order valence-corrected chi connectivity index (χ2v) is 5.09. The second kappa shape index (κ2) is 5.49. The molecule has 1 saturated heterocycles. The Balaban J connectivity index is 2.67. The number of hydroxylamine groups is 2. The van der Waals surface area contributed by atoms with Crippen LogP contribution in [0, 0.1) is 11.3 Å². The first-order chi connectivity index (χ1) is 7.88. The van der Waals surface area contributed by atoms with Gasteiger partial charge in [-0.1, -0.05) is 13.8 Å². The number of hydrogen-bond acceptors (Lipinski definition) is 3. The van der Waals surface area contributed by atoms with Crippen LogP contribution in [0.5, 0.6) is 0 Å². The second-order valence-electron chi connectivity index (χ2n) is 5.09. The molecule has 0 radical (unpaired) electrons. The van der Waals surface area contributed by atoms with Gasteiger partial charge in [0, 0.05) is 13.0 Å². The maximum absolute atomic E-state index is 12.0. The Bertz CT molecular complexity index is 297. The van der Waals surface area contributed by atoms with Crippen LogP contribution in [-0.4, -0.2) is 35.2 Å². The molecule has 1 aliphatic heterocycles. The number of carboxylic acid groups (broad SMARTS) is 1. The van der Waals surface area contributed by atoms with Gasteiger partial charge in [-0.25, -0.2) is 5.06 Å². The number of carboxylic acids is 1. The molecule has 5 nitrogen and oxygen atoms in total. The first kappa shape index (κ1) is 14.0. The summed E-state index contributed by atoms with van der Waals surface area (Å²) in [5.41, 5.74) is -1.03. The summed E-state index contributed by atoms with van der Waals surface area (Å²) >= 11 is 0.